The lowest BCUT2D eigenvalue weighted by Gasteiger charge is -2.27. The Morgan fingerprint density at radius 2 is 1.67 bits per heavy atom. The van der Waals surface area contributed by atoms with Crippen molar-refractivity contribution in [1.29, 1.82) is 0 Å². The second kappa shape index (κ2) is 8.90. The van der Waals surface area contributed by atoms with Crippen LogP contribution in [0.4, 0.5) is 0 Å². The van der Waals surface area contributed by atoms with E-state index in [1.54, 1.807) is 0 Å². The molecular formula is C17H27NO3. The second-order valence-electron chi connectivity index (χ2n) is 5.45. The van der Waals surface area contributed by atoms with E-state index >= 15 is 0 Å². The number of aliphatic hydroxyl groups excluding tert-OH is 1. The van der Waals surface area contributed by atoms with E-state index in [2.05, 4.69) is 4.90 Å². The van der Waals surface area contributed by atoms with Crippen LogP contribution in [0.1, 0.15) is 32.6 Å². The molecule has 0 unspecified atom stereocenters. The van der Waals surface area contributed by atoms with Crippen molar-refractivity contribution in [1.82, 2.24) is 4.90 Å². The number of hydrogen-bond acceptors (Lipinski definition) is 4. The predicted molar refractivity (Wildman–Crippen MR) is 84.0 cm³/mol. The molecular weight excluding hydrogens is 266 g/mol. The lowest BCUT2D eigenvalue weighted by atomic mass is 10.2. The van der Waals surface area contributed by atoms with Gasteiger partial charge in [-0.15, -0.1) is 0 Å². The molecule has 118 valence electrons. The predicted octanol–water partition coefficient (Wildman–Crippen LogP) is 2.70. The van der Waals surface area contributed by atoms with Gasteiger partial charge in [0.05, 0.1) is 13.2 Å². The summed E-state index contributed by atoms with van der Waals surface area (Å²) in [4.78, 5) is 2.36. The minimum absolute atomic E-state index is 0.222. The summed E-state index contributed by atoms with van der Waals surface area (Å²) in [6.07, 6.45) is 5.13. The highest BCUT2D eigenvalue weighted by Crippen LogP contribution is 2.23. The first kappa shape index (κ1) is 16.1. The number of ether oxygens (including phenoxy) is 2. The van der Waals surface area contributed by atoms with Crippen LogP contribution in [0.15, 0.2) is 24.3 Å². The molecule has 1 N–H and O–H groups in total. The Kier molecular flexibility index (Phi) is 6.83. The lowest BCUT2D eigenvalue weighted by Crippen LogP contribution is -2.38. The number of aliphatic hydroxyl groups is 1. The van der Waals surface area contributed by atoms with Gasteiger partial charge in [-0.05, 0) is 44.0 Å². The van der Waals surface area contributed by atoms with Crippen LogP contribution in [0.2, 0.25) is 0 Å². The highest BCUT2D eigenvalue weighted by atomic mass is 16.5. The molecule has 0 spiro atoms. The molecule has 0 atom stereocenters. The standard InChI is InChI=1S/C17H27NO3/c1-2-20-16-7-9-17(10-8-16)21-14-12-18(11-13-19)15-5-3-4-6-15/h7-10,15,19H,2-6,11-14H2,1H3. The Morgan fingerprint density at radius 1 is 1.05 bits per heavy atom. The Morgan fingerprint density at radius 3 is 2.24 bits per heavy atom. The third-order valence-electron chi connectivity index (χ3n) is 4.01. The van der Waals surface area contributed by atoms with Crippen LogP contribution >= 0.6 is 0 Å². The third kappa shape index (κ3) is 5.21. The molecule has 0 bridgehead atoms. The quantitative estimate of drug-likeness (QED) is 0.760. The summed E-state index contributed by atoms with van der Waals surface area (Å²) >= 11 is 0. The maximum absolute atomic E-state index is 9.20. The fourth-order valence-corrected chi connectivity index (χ4v) is 2.95. The summed E-state index contributed by atoms with van der Waals surface area (Å²) in [5.74, 6) is 1.74. The van der Waals surface area contributed by atoms with Crippen molar-refractivity contribution in [2.75, 3.05) is 32.9 Å². The summed E-state index contributed by atoms with van der Waals surface area (Å²) in [6.45, 7) is 5.15. The Balaban J connectivity index is 1.75. The van der Waals surface area contributed by atoms with E-state index in [4.69, 9.17) is 9.47 Å². The summed E-state index contributed by atoms with van der Waals surface area (Å²) < 4.78 is 11.2. The molecule has 1 saturated carbocycles. The van der Waals surface area contributed by atoms with Crippen molar-refractivity contribution < 1.29 is 14.6 Å². The van der Waals surface area contributed by atoms with Crippen molar-refractivity contribution in [2.45, 2.75) is 38.6 Å². The zero-order valence-electron chi connectivity index (χ0n) is 13.0. The molecule has 1 aliphatic rings. The van der Waals surface area contributed by atoms with Gasteiger partial charge >= 0.3 is 0 Å². The van der Waals surface area contributed by atoms with E-state index in [9.17, 15) is 5.11 Å². The molecule has 0 aliphatic heterocycles. The van der Waals surface area contributed by atoms with Crippen molar-refractivity contribution in [2.24, 2.45) is 0 Å². The molecule has 0 radical (unpaired) electrons. The number of benzene rings is 1. The zero-order chi connectivity index (χ0) is 14.9. The third-order valence-corrected chi connectivity index (χ3v) is 4.01. The average molecular weight is 293 g/mol. The van der Waals surface area contributed by atoms with Crippen LogP contribution in [0.3, 0.4) is 0 Å². The molecule has 1 aromatic carbocycles. The minimum Gasteiger partial charge on any atom is -0.494 e. The molecule has 0 amide bonds. The highest BCUT2D eigenvalue weighted by molar-refractivity contribution is 5.31. The molecule has 0 saturated heterocycles. The molecule has 0 aromatic heterocycles. The van der Waals surface area contributed by atoms with Crippen LogP contribution in [0.25, 0.3) is 0 Å². The first-order chi connectivity index (χ1) is 10.3. The van der Waals surface area contributed by atoms with E-state index in [0.29, 0.717) is 19.3 Å². The van der Waals surface area contributed by atoms with E-state index in [0.717, 1.165) is 24.6 Å². The number of nitrogens with zero attached hydrogens (tertiary/aromatic N) is 1. The number of hydrogen-bond donors (Lipinski definition) is 1. The first-order valence-electron chi connectivity index (χ1n) is 8.04. The minimum atomic E-state index is 0.222. The first-order valence-corrected chi connectivity index (χ1v) is 8.04. The zero-order valence-corrected chi connectivity index (χ0v) is 13.0. The maximum atomic E-state index is 9.20. The van der Waals surface area contributed by atoms with Crippen LogP contribution in [0, 0.1) is 0 Å². The van der Waals surface area contributed by atoms with Crippen molar-refractivity contribution >= 4 is 0 Å². The van der Waals surface area contributed by atoms with Gasteiger partial charge in [-0.3, -0.25) is 4.90 Å². The second-order valence-corrected chi connectivity index (χ2v) is 5.45. The largest absolute Gasteiger partial charge is 0.494 e. The van der Waals surface area contributed by atoms with Crippen LogP contribution in [-0.2, 0) is 0 Å². The SMILES string of the molecule is CCOc1ccc(OCCN(CCO)C2CCCC2)cc1. The Hall–Kier alpha value is -1.26. The van der Waals surface area contributed by atoms with E-state index in [-0.39, 0.29) is 6.61 Å². The van der Waals surface area contributed by atoms with E-state index < -0.39 is 0 Å². The average Bonchev–Trinajstić information content (AvgIpc) is 3.03. The van der Waals surface area contributed by atoms with Crippen LogP contribution in [-0.4, -0.2) is 49.0 Å². The van der Waals surface area contributed by atoms with Gasteiger partial charge in [0.2, 0.25) is 0 Å². The maximum Gasteiger partial charge on any atom is 0.119 e. The van der Waals surface area contributed by atoms with Gasteiger partial charge in [0, 0.05) is 19.1 Å². The van der Waals surface area contributed by atoms with Gasteiger partial charge in [-0.1, -0.05) is 12.8 Å². The summed E-state index contributed by atoms with van der Waals surface area (Å²) in [7, 11) is 0. The van der Waals surface area contributed by atoms with Crippen molar-refractivity contribution in [3.63, 3.8) is 0 Å². The molecule has 0 heterocycles. The molecule has 1 aromatic rings. The van der Waals surface area contributed by atoms with Gasteiger partial charge < -0.3 is 14.6 Å². The summed E-state index contributed by atoms with van der Waals surface area (Å²) in [5, 5.41) is 9.20. The Bertz CT molecular complexity index is 388. The lowest BCUT2D eigenvalue weighted by molar-refractivity contribution is 0.129. The molecule has 1 fully saturated rings. The van der Waals surface area contributed by atoms with E-state index in [1.165, 1.54) is 25.7 Å². The fourth-order valence-electron chi connectivity index (χ4n) is 2.95. The molecule has 21 heavy (non-hydrogen) atoms. The summed E-state index contributed by atoms with van der Waals surface area (Å²) in [6, 6.07) is 8.37. The summed E-state index contributed by atoms with van der Waals surface area (Å²) in [5.41, 5.74) is 0. The molecule has 4 heteroatoms. The van der Waals surface area contributed by atoms with Crippen LogP contribution in [0.5, 0.6) is 11.5 Å². The van der Waals surface area contributed by atoms with Crippen molar-refractivity contribution in [3.8, 4) is 11.5 Å². The van der Waals surface area contributed by atoms with Gasteiger partial charge in [0.25, 0.3) is 0 Å². The van der Waals surface area contributed by atoms with Crippen molar-refractivity contribution in [3.05, 3.63) is 24.3 Å². The van der Waals surface area contributed by atoms with Gasteiger partial charge in [0.15, 0.2) is 0 Å². The Labute approximate surface area is 127 Å². The van der Waals surface area contributed by atoms with Crippen LogP contribution < -0.4 is 9.47 Å². The molecule has 2 rings (SSSR count). The van der Waals surface area contributed by atoms with Gasteiger partial charge in [0.1, 0.15) is 18.1 Å². The van der Waals surface area contributed by atoms with Gasteiger partial charge in [-0.2, -0.15) is 0 Å². The fraction of sp³-hybridized carbons (Fsp3) is 0.647. The topological polar surface area (TPSA) is 41.9 Å². The van der Waals surface area contributed by atoms with Gasteiger partial charge in [-0.25, -0.2) is 0 Å². The normalized spacial score (nSPS) is 15.6. The number of rotatable bonds is 9. The smallest absolute Gasteiger partial charge is 0.119 e. The molecule has 1 aliphatic carbocycles. The molecule has 4 nitrogen and oxygen atoms in total. The monoisotopic (exact) mass is 293 g/mol. The highest BCUT2D eigenvalue weighted by Gasteiger charge is 2.21. The van der Waals surface area contributed by atoms with E-state index in [1.807, 2.05) is 31.2 Å².